The van der Waals surface area contributed by atoms with Crippen LogP contribution in [-0.4, -0.2) is 54.4 Å². The summed E-state index contributed by atoms with van der Waals surface area (Å²) < 4.78 is 23.1. The summed E-state index contributed by atoms with van der Waals surface area (Å²) in [5.74, 6) is 1.95. The number of fused-ring (bicyclic) bond motifs is 1. The van der Waals surface area contributed by atoms with Gasteiger partial charge in [-0.05, 0) is 78.6 Å². The van der Waals surface area contributed by atoms with Crippen molar-refractivity contribution < 1.29 is 23.7 Å². The Morgan fingerprint density at radius 3 is 2.35 bits per heavy atom. The number of hydrogen-bond donors (Lipinski definition) is 1. The maximum atomic E-state index is 13.0. The Morgan fingerprint density at radius 1 is 1.00 bits per heavy atom. The molecule has 3 aromatic rings. The lowest BCUT2D eigenvalue weighted by molar-refractivity contribution is -0.114. The number of amides is 1. The fourth-order valence-electron chi connectivity index (χ4n) is 4.61. The molecule has 2 heterocycles. The average Bonchev–Trinajstić information content (AvgIpc) is 3.45. The molecular weight excluding hydrogens is 564 g/mol. The van der Waals surface area contributed by atoms with Crippen LogP contribution in [0.25, 0.3) is 6.08 Å². The number of carbonyl (C=O) groups is 1. The van der Waals surface area contributed by atoms with Gasteiger partial charge in [0.2, 0.25) is 10.9 Å². The number of hydrazone groups is 1. The highest BCUT2D eigenvalue weighted by Gasteiger charge is 2.36. The summed E-state index contributed by atoms with van der Waals surface area (Å²) in [6.07, 6.45) is 2.67. The first-order valence-corrected chi connectivity index (χ1v) is 14.8. The quantitative estimate of drug-likeness (QED) is 0.195. The van der Waals surface area contributed by atoms with Crippen LogP contribution in [0.1, 0.15) is 48.4 Å². The van der Waals surface area contributed by atoms with Crippen molar-refractivity contribution in [3.63, 3.8) is 0 Å². The first-order valence-electron chi connectivity index (χ1n) is 14.0. The molecule has 0 saturated heterocycles. The molecule has 10 heteroatoms. The molecule has 43 heavy (non-hydrogen) atoms. The number of nitrogens with zero attached hydrogens (tertiary/aromatic N) is 3. The smallest absolute Gasteiger partial charge is 0.283 e. The Balaban J connectivity index is 1.30. The van der Waals surface area contributed by atoms with Gasteiger partial charge in [0.1, 0.15) is 24.0 Å². The van der Waals surface area contributed by atoms with E-state index in [9.17, 15) is 4.79 Å². The number of aryl methyl sites for hydroxylation is 1. The third kappa shape index (κ3) is 6.59. The Morgan fingerprint density at radius 2 is 1.70 bits per heavy atom. The Kier molecular flexibility index (Phi) is 9.16. The van der Waals surface area contributed by atoms with E-state index in [0.29, 0.717) is 45.5 Å². The normalized spacial score (nSPS) is 16.0. The van der Waals surface area contributed by atoms with Crippen molar-refractivity contribution in [2.75, 3.05) is 27.4 Å². The highest BCUT2D eigenvalue weighted by molar-refractivity contribution is 8.27. The molecule has 2 aliphatic heterocycles. The van der Waals surface area contributed by atoms with Crippen LogP contribution in [0.4, 0.5) is 0 Å². The van der Waals surface area contributed by atoms with Gasteiger partial charge in [0.25, 0.3) is 5.91 Å². The van der Waals surface area contributed by atoms with Crippen molar-refractivity contribution in [2.24, 2.45) is 10.1 Å². The number of carbonyl (C=O) groups excluding carboxylic acids is 1. The third-order valence-electron chi connectivity index (χ3n) is 7.17. The van der Waals surface area contributed by atoms with Crippen molar-refractivity contribution in [1.29, 1.82) is 5.41 Å². The van der Waals surface area contributed by atoms with Crippen LogP contribution in [0.5, 0.6) is 23.0 Å². The van der Waals surface area contributed by atoms with Gasteiger partial charge in [0, 0.05) is 5.56 Å². The second kappa shape index (κ2) is 13.2. The number of hydrogen-bond acceptors (Lipinski definition) is 8. The van der Waals surface area contributed by atoms with Gasteiger partial charge in [-0.3, -0.25) is 10.2 Å². The van der Waals surface area contributed by atoms with Crippen molar-refractivity contribution in [1.82, 2.24) is 5.01 Å². The number of methoxy groups -OCH3 is 2. The number of benzene rings is 3. The average molecular weight is 599 g/mol. The second-order valence-electron chi connectivity index (χ2n) is 10.1. The highest BCUT2D eigenvalue weighted by atomic mass is 32.2. The molecule has 3 aromatic carbocycles. The van der Waals surface area contributed by atoms with E-state index in [0.717, 1.165) is 23.3 Å². The van der Waals surface area contributed by atoms with Crippen LogP contribution in [0.3, 0.4) is 0 Å². The summed E-state index contributed by atoms with van der Waals surface area (Å²) in [5.41, 5.74) is 3.97. The molecule has 222 valence electrons. The highest BCUT2D eigenvalue weighted by Crippen LogP contribution is 2.40. The van der Waals surface area contributed by atoms with Crippen molar-refractivity contribution >= 4 is 39.8 Å². The molecule has 0 spiro atoms. The fourth-order valence-corrected chi connectivity index (χ4v) is 5.50. The number of ether oxygens (including phenoxy) is 4. The van der Waals surface area contributed by atoms with E-state index in [-0.39, 0.29) is 18.0 Å². The van der Waals surface area contributed by atoms with Crippen LogP contribution >= 0.6 is 11.8 Å². The van der Waals surface area contributed by atoms with E-state index in [1.807, 2.05) is 43.3 Å². The Bertz CT molecular complexity index is 1610. The summed E-state index contributed by atoms with van der Waals surface area (Å²) in [5, 5.41) is 15.7. The summed E-state index contributed by atoms with van der Waals surface area (Å²) in [6, 6.07) is 19.5. The van der Waals surface area contributed by atoms with Gasteiger partial charge in [-0.25, -0.2) is 0 Å². The number of aliphatic imine (C=N–C) groups is 1. The molecule has 0 aromatic heterocycles. The maximum Gasteiger partial charge on any atom is 0.283 e. The largest absolute Gasteiger partial charge is 0.493 e. The molecule has 1 unspecified atom stereocenters. The van der Waals surface area contributed by atoms with Crippen molar-refractivity contribution in [2.45, 2.75) is 33.1 Å². The minimum Gasteiger partial charge on any atom is -0.493 e. The van der Waals surface area contributed by atoms with Crippen LogP contribution in [-0.2, 0) is 4.79 Å². The van der Waals surface area contributed by atoms with Crippen molar-refractivity contribution in [3.8, 4) is 23.0 Å². The molecule has 0 aliphatic carbocycles. The van der Waals surface area contributed by atoms with E-state index in [4.69, 9.17) is 24.4 Å². The number of rotatable bonds is 11. The van der Waals surface area contributed by atoms with Crippen LogP contribution in [0, 0.1) is 12.3 Å². The lowest BCUT2D eigenvalue weighted by atomic mass is 9.99. The summed E-state index contributed by atoms with van der Waals surface area (Å²) >= 11 is 1.27. The van der Waals surface area contributed by atoms with Crippen LogP contribution in [0.15, 0.2) is 76.3 Å². The van der Waals surface area contributed by atoms with Gasteiger partial charge in [-0.15, -0.1) is 0 Å². The molecule has 1 N–H and O–H groups in total. The second-order valence-corrected chi connectivity index (χ2v) is 11.1. The van der Waals surface area contributed by atoms with Crippen molar-refractivity contribution in [3.05, 3.63) is 88.5 Å². The van der Waals surface area contributed by atoms with Crippen LogP contribution in [0.2, 0.25) is 0 Å². The zero-order chi connectivity index (χ0) is 30.5. The molecule has 0 bridgehead atoms. The predicted octanol–water partition coefficient (Wildman–Crippen LogP) is 6.65. The molecule has 9 nitrogen and oxygen atoms in total. The first-order chi connectivity index (χ1) is 20.8. The lowest BCUT2D eigenvalue weighted by Gasteiger charge is -2.20. The van der Waals surface area contributed by atoms with E-state index < -0.39 is 5.91 Å². The summed E-state index contributed by atoms with van der Waals surface area (Å²) in [6.45, 7) is 6.96. The van der Waals surface area contributed by atoms with Crippen LogP contribution < -0.4 is 18.9 Å². The van der Waals surface area contributed by atoms with E-state index in [2.05, 4.69) is 36.1 Å². The number of nitrogens with one attached hydrogen (secondary N) is 1. The molecule has 0 saturated carbocycles. The Labute approximate surface area is 255 Å². The topological polar surface area (TPSA) is 106 Å². The van der Waals surface area contributed by atoms with E-state index in [1.54, 1.807) is 18.2 Å². The summed E-state index contributed by atoms with van der Waals surface area (Å²) in [7, 11) is 3.06. The van der Waals surface area contributed by atoms with Gasteiger partial charge in [-0.1, -0.05) is 49.7 Å². The third-order valence-corrected chi connectivity index (χ3v) is 8.13. The SMILES string of the molecule is CCC(C)c1ccc(OCCOc2c(OC)cc(C=C3C(=N)N4N=C(c5cccc(C)c5)SC4=NC3=O)cc2OC)cc1. The van der Waals surface area contributed by atoms with Gasteiger partial charge >= 0.3 is 0 Å². The standard InChI is InChI=1S/C33H34N4O5S/c1-6-21(3)23-10-12-25(13-11-23)41-14-15-42-29-27(39-4)18-22(19-28(29)40-5)17-26-30(34)37-33(35-31(26)38)43-32(36-37)24-9-7-8-20(2)16-24/h7-13,16-19,21,34H,6,14-15H2,1-5H3. The first kappa shape index (κ1) is 29.9. The van der Waals surface area contributed by atoms with E-state index >= 15 is 0 Å². The van der Waals surface area contributed by atoms with Gasteiger partial charge in [0.15, 0.2) is 17.3 Å². The summed E-state index contributed by atoms with van der Waals surface area (Å²) in [4.78, 5) is 17.2. The molecule has 1 atom stereocenters. The molecular formula is C33H34N4O5S. The molecule has 0 fully saturated rings. The minimum atomic E-state index is -0.517. The Hall–Kier alpha value is -4.57. The zero-order valence-electron chi connectivity index (χ0n) is 24.8. The van der Waals surface area contributed by atoms with Gasteiger partial charge in [-0.2, -0.15) is 15.1 Å². The van der Waals surface area contributed by atoms with E-state index in [1.165, 1.54) is 36.6 Å². The van der Waals surface area contributed by atoms with Gasteiger partial charge < -0.3 is 18.9 Å². The number of amidine groups is 2. The lowest BCUT2D eigenvalue weighted by Crippen LogP contribution is -2.35. The zero-order valence-corrected chi connectivity index (χ0v) is 25.7. The predicted molar refractivity (Wildman–Crippen MR) is 171 cm³/mol. The molecule has 2 aliphatic rings. The monoisotopic (exact) mass is 598 g/mol. The molecule has 1 amide bonds. The minimum absolute atomic E-state index is 0.0576. The molecule has 0 radical (unpaired) electrons. The molecule has 5 rings (SSSR count). The number of thioether (sulfide) groups is 1. The fraction of sp³-hybridized carbons (Fsp3) is 0.273. The maximum absolute atomic E-state index is 13.0. The van der Waals surface area contributed by atoms with Gasteiger partial charge in [0.05, 0.1) is 19.8 Å².